The standard InChI is InChI=1S/C24H43NO2/c1-17(2)25-16-15-24(3,4)21-13-9-19(10-14-22(21)25)6-5-18-7-11-20(12-8-18)23(26)27/h17-22H,5-16H2,1-4H3,(H,26,27). The summed E-state index contributed by atoms with van der Waals surface area (Å²) in [4.78, 5) is 14.0. The van der Waals surface area contributed by atoms with E-state index >= 15 is 0 Å². The molecule has 3 fully saturated rings. The first-order valence-corrected chi connectivity index (χ1v) is 11.8. The van der Waals surface area contributed by atoms with Gasteiger partial charge in [0.25, 0.3) is 0 Å². The van der Waals surface area contributed by atoms with Crippen molar-refractivity contribution >= 4 is 5.97 Å². The molecule has 2 saturated carbocycles. The molecule has 3 aliphatic rings. The predicted molar refractivity (Wildman–Crippen MR) is 112 cm³/mol. The molecule has 3 heteroatoms. The molecule has 3 nitrogen and oxygen atoms in total. The predicted octanol–water partition coefficient (Wildman–Crippen LogP) is 5.97. The van der Waals surface area contributed by atoms with Gasteiger partial charge < -0.3 is 5.11 Å². The Kier molecular flexibility index (Phi) is 6.93. The van der Waals surface area contributed by atoms with Gasteiger partial charge in [-0.05, 0) is 94.9 Å². The van der Waals surface area contributed by atoms with Crippen molar-refractivity contribution in [3.05, 3.63) is 0 Å². The Balaban J connectivity index is 1.51. The lowest BCUT2D eigenvalue weighted by molar-refractivity contribution is -0.143. The highest BCUT2D eigenvalue weighted by Crippen LogP contribution is 2.47. The molecule has 1 N–H and O–H groups in total. The SMILES string of the molecule is CC(C)N1CCC(C)(C)C2CCC(CCC3CCC(C(=O)O)CC3)CCC21. The topological polar surface area (TPSA) is 40.5 Å². The molecule has 27 heavy (non-hydrogen) atoms. The number of likely N-dealkylation sites (tertiary alicyclic amines) is 1. The molecule has 0 radical (unpaired) electrons. The number of aliphatic carboxylic acids is 1. The summed E-state index contributed by atoms with van der Waals surface area (Å²) in [6, 6.07) is 1.47. The van der Waals surface area contributed by atoms with Crippen molar-refractivity contribution in [1.82, 2.24) is 4.90 Å². The van der Waals surface area contributed by atoms with Crippen LogP contribution in [0.2, 0.25) is 0 Å². The van der Waals surface area contributed by atoms with E-state index in [2.05, 4.69) is 32.6 Å². The average molecular weight is 378 g/mol. The fourth-order valence-corrected chi connectivity index (χ4v) is 6.54. The summed E-state index contributed by atoms with van der Waals surface area (Å²) < 4.78 is 0. The number of hydrogen-bond donors (Lipinski definition) is 1. The van der Waals surface area contributed by atoms with Crippen LogP contribution in [0, 0.1) is 29.1 Å². The Morgan fingerprint density at radius 2 is 1.52 bits per heavy atom. The maximum Gasteiger partial charge on any atom is 0.306 e. The first kappa shape index (κ1) is 21.1. The molecule has 0 spiro atoms. The van der Waals surface area contributed by atoms with Gasteiger partial charge in [0.15, 0.2) is 0 Å². The Morgan fingerprint density at radius 1 is 0.963 bits per heavy atom. The molecular weight excluding hydrogens is 334 g/mol. The number of nitrogens with zero attached hydrogens (tertiary/aromatic N) is 1. The fraction of sp³-hybridized carbons (Fsp3) is 0.958. The Labute approximate surface area is 167 Å². The van der Waals surface area contributed by atoms with Gasteiger partial charge in [-0.2, -0.15) is 0 Å². The zero-order chi connectivity index (χ0) is 19.6. The molecular formula is C24H43NO2. The largest absolute Gasteiger partial charge is 0.481 e. The quantitative estimate of drug-likeness (QED) is 0.641. The molecule has 156 valence electrons. The van der Waals surface area contributed by atoms with Crippen LogP contribution >= 0.6 is 0 Å². The maximum atomic E-state index is 11.2. The van der Waals surface area contributed by atoms with E-state index in [0.29, 0.717) is 11.5 Å². The summed E-state index contributed by atoms with van der Waals surface area (Å²) in [6.07, 6.45) is 13.8. The van der Waals surface area contributed by atoms with Crippen molar-refractivity contribution in [1.29, 1.82) is 0 Å². The van der Waals surface area contributed by atoms with Crippen molar-refractivity contribution in [2.24, 2.45) is 29.1 Å². The van der Waals surface area contributed by atoms with E-state index in [9.17, 15) is 9.90 Å². The minimum atomic E-state index is -0.572. The van der Waals surface area contributed by atoms with E-state index in [1.165, 1.54) is 51.5 Å². The monoisotopic (exact) mass is 377 g/mol. The molecule has 3 rings (SSSR count). The number of hydrogen-bond acceptors (Lipinski definition) is 2. The van der Waals surface area contributed by atoms with Gasteiger partial charge in [0, 0.05) is 12.1 Å². The van der Waals surface area contributed by atoms with Crippen LogP contribution in [0.5, 0.6) is 0 Å². The van der Waals surface area contributed by atoms with Crippen LogP contribution in [0.4, 0.5) is 0 Å². The van der Waals surface area contributed by atoms with Crippen LogP contribution in [0.1, 0.15) is 98.3 Å². The molecule has 3 unspecified atom stereocenters. The minimum absolute atomic E-state index is 0.0634. The Hall–Kier alpha value is -0.570. The molecule has 3 atom stereocenters. The van der Waals surface area contributed by atoms with Gasteiger partial charge in [0.05, 0.1) is 5.92 Å². The lowest BCUT2D eigenvalue weighted by Gasteiger charge is -2.51. The Bertz CT molecular complexity index is 493. The van der Waals surface area contributed by atoms with E-state index in [4.69, 9.17) is 0 Å². The number of piperidine rings is 1. The van der Waals surface area contributed by atoms with Crippen molar-refractivity contribution in [2.45, 2.75) is 110 Å². The number of carbonyl (C=O) groups is 1. The van der Waals surface area contributed by atoms with E-state index in [-0.39, 0.29) is 5.92 Å². The van der Waals surface area contributed by atoms with E-state index < -0.39 is 5.97 Å². The van der Waals surface area contributed by atoms with Crippen molar-refractivity contribution in [2.75, 3.05) is 6.54 Å². The molecule has 0 bridgehead atoms. The molecule has 0 amide bonds. The average Bonchev–Trinajstić information content (AvgIpc) is 2.84. The normalized spacial score (nSPS) is 37.6. The van der Waals surface area contributed by atoms with Gasteiger partial charge in [-0.25, -0.2) is 0 Å². The van der Waals surface area contributed by atoms with Gasteiger partial charge >= 0.3 is 5.97 Å². The maximum absolute atomic E-state index is 11.2. The van der Waals surface area contributed by atoms with Gasteiger partial charge in [0.2, 0.25) is 0 Å². The number of carboxylic acid groups (broad SMARTS) is 1. The number of carboxylic acids is 1. The third-order valence-electron chi connectivity index (χ3n) is 8.51. The summed E-state index contributed by atoms with van der Waals surface area (Å²) in [5.41, 5.74) is 0.500. The summed E-state index contributed by atoms with van der Waals surface area (Å²) in [5.74, 6) is 1.92. The van der Waals surface area contributed by atoms with Crippen LogP contribution in [-0.2, 0) is 4.79 Å². The zero-order valence-electron chi connectivity index (χ0n) is 18.3. The first-order valence-electron chi connectivity index (χ1n) is 11.8. The van der Waals surface area contributed by atoms with Crippen molar-refractivity contribution in [3.63, 3.8) is 0 Å². The summed E-state index contributed by atoms with van der Waals surface area (Å²) >= 11 is 0. The summed E-state index contributed by atoms with van der Waals surface area (Å²) in [5, 5.41) is 9.19. The van der Waals surface area contributed by atoms with E-state index in [0.717, 1.165) is 49.5 Å². The van der Waals surface area contributed by atoms with Crippen molar-refractivity contribution in [3.8, 4) is 0 Å². The molecule has 1 aliphatic heterocycles. The van der Waals surface area contributed by atoms with Crippen LogP contribution in [0.15, 0.2) is 0 Å². The van der Waals surface area contributed by atoms with Crippen LogP contribution in [0.3, 0.4) is 0 Å². The fourth-order valence-electron chi connectivity index (χ4n) is 6.54. The van der Waals surface area contributed by atoms with Gasteiger partial charge in [-0.15, -0.1) is 0 Å². The van der Waals surface area contributed by atoms with Crippen LogP contribution < -0.4 is 0 Å². The third kappa shape index (κ3) is 5.08. The summed E-state index contributed by atoms with van der Waals surface area (Å²) in [6.45, 7) is 11.1. The van der Waals surface area contributed by atoms with Gasteiger partial charge in [-0.3, -0.25) is 9.69 Å². The molecule has 1 heterocycles. The zero-order valence-corrected chi connectivity index (χ0v) is 18.3. The second kappa shape index (κ2) is 8.84. The highest BCUT2D eigenvalue weighted by Gasteiger charge is 2.44. The molecule has 0 aromatic heterocycles. The molecule has 1 saturated heterocycles. The van der Waals surface area contributed by atoms with Gasteiger partial charge in [0.1, 0.15) is 0 Å². The van der Waals surface area contributed by atoms with E-state index in [1.807, 2.05) is 0 Å². The smallest absolute Gasteiger partial charge is 0.306 e. The number of rotatable bonds is 5. The lowest BCUT2D eigenvalue weighted by atomic mass is 9.67. The molecule has 2 aliphatic carbocycles. The second-order valence-corrected chi connectivity index (χ2v) is 10.9. The Morgan fingerprint density at radius 3 is 2.07 bits per heavy atom. The second-order valence-electron chi connectivity index (χ2n) is 10.9. The van der Waals surface area contributed by atoms with Crippen LogP contribution in [-0.4, -0.2) is 34.6 Å². The third-order valence-corrected chi connectivity index (χ3v) is 8.51. The molecule has 0 aromatic rings. The highest BCUT2D eigenvalue weighted by molar-refractivity contribution is 5.69. The lowest BCUT2D eigenvalue weighted by Crippen LogP contribution is -2.54. The van der Waals surface area contributed by atoms with Gasteiger partial charge in [-0.1, -0.05) is 33.1 Å². The summed E-state index contributed by atoms with van der Waals surface area (Å²) in [7, 11) is 0. The highest BCUT2D eigenvalue weighted by atomic mass is 16.4. The first-order chi connectivity index (χ1) is 12.8. The van der Waals surface area contributed by atoms with E-state index in [1.54, 1.807) is 0 Å². The number of fused-ring (bicyclic) bond motifs is 1. The molecule has 0 aromatic carbocycles. The van der Waals surface area contributed by atoms with Crippen LogP contribution in [0.25, 0.3) is 0 Å². The minimum Gasteiger partial charge on any atom is -0.481 e. The van der Waals surface area contributed by atoms with Crippen molar-refractivity contribution < 1.29 is 9.90 Å².